The molecule has 0 saturated heterocycles. The zero-order chi connectivity index (χ0) is 8.81. The second-order valence-electron chi connectivity index (χ2n) is 2.24. The van der Waals surface area contributed by atoms with Crippen molar-refractivity contribution in [2.75, 3.05) is 6.26 Å². The van der Waals surface area contributed by atoms with Gasteiger partial charge in [0.2, 0.25) is 0 Å². The lowest BCUT2D eigenvalue weighted by Crippen LogP contribution is -1.77. The normalized spacial score (nSPS) is 11.2. The summed E-state index contributed by atoms with van der Waals surface area (Å²) in [6.45, 7) is 0. The molecule has 0 spiro atoms. The van der Waals surface area contributed by atoms with E-state index in [4.69, 9.17) is 12.2 Å². The summed E-state index contributed by atoms with van der Waals surface area (Å²) in [7, 11) is 0. The molecule has 62 valence electrons. The Morgan fingerprint density at radius 2 is 2.00 bits per heavy atom. The van der Waals surface area contributed by atoms with Crippen molar-refractivity contribution >= 4 is 34.3 Å². The zero-order valence-electron chi connectivity index (χ0n) is 6.86. The topological polar surface area (TPSA) is 0 Å². The van der Waals surface area contributed by atoms with E-state index in [-0.39, 0.29) is 0 Å². The molecule has 0 atom stereocenters. The summed E-state index contributed by atoms with van der Waals surface area (Å²) in [6.07, 6.45) is 4.01. The van der Waals surface area contributed by atoms with Crippen molar-refractivity contribution in [3.05, 3.63) is 42.0 Å². The molecule has 0 heterocycles. The van der Waals surface area contributed by atoms with Gasteiger partial charge in [0.05, 0.1) is 0 Å². The van der Waals surface area contributed by atoms with E-state index in [0.29, 0.717) is 0 Å². The quantitative estimate of drug-likeness (QED) is 0.534. The van der Waals surface area contributed by atoms with Crippen LogP contribution in [-0.2, 0) is 0 Å². The molecule has 0 N–H and O–H groups in total. The minimum absolute atomic E-state index is 1.21. The van der Waals surface area contributed by atoms with E-state index in [9.17, 15) is 0 Å². The number of thiocarbonyl (C=S) groups is 1. The molecule has 0 aliphatic rings. The van der Waals surface area contributed by atoms with Crippen LogP contribution in [-0.4, -0.2) is 11.6 Å². The van der Waals surface area contributed by atoms with Crippen molar-refractivity contribution in [1.82, 2.24) is 0 Å². The minimum atomic E-state index is 1.21. The van der Waals surface area contributed by atoms with Crippen molar-refractivity contribution < 1.29 is 0 Å². The summed E-state index contributed by atoms with van der Waals surface area (Å²) < 4.78 is 0. The summed E-state index contributed by atoms with van der Waals surface area (Å²) in [5.41, 5.74) is 1.23. The van der Waals surface area contributed by atoms with E-state index < -0.39 is 0 Å². The van der Waals surface area contributed by atoms with Crippen LogP contribution < -0.4 is 0 Å². The fraction of sp³-hybridized carbons (Fsp3) is 0.100. The van der Waals surface area contributed by atoms with Crippen LogP contribution in [0.15, 0.2) is 36.4 Å². The highest BCUT2D eigenvalue weighted by Crippen LogP contribution is 2.23. The Labute approximate surface area is 82.7 Å². The molecule has 0 aliphatic heterocycles. The number of rotatable bonds is 3. The van der Waals surface area contributed by atoms with Gasteiger partial charge in [0, 0.05) is 10.3 Å². The van der Waals surface area contributed by atoms with Gasteiger partial charge in [-0.25, -0.2) is 0 Å². The Kier molecular flexibility index (Phi) is 4.05. The third-order valence-corrected chi connectivity index (χ3v) is 2.45. The minimum Gasteiger partial charge on any atom is -0.129 e. The molecule has 2 heteroatoms. The fourth-order valence-electron chi connectivity index (χ4n) is 0.946. The maximum absolute atomic E-state index is 4.78. The molecule has 0 bridgehead atoms. The first kappa shape index (κ1) is 9.49. The lowest BCUT2D eigenvalue weighted by atomic mass is 10.2. The van der Waals surface area contributed by atoms with Gasteiger partial charge in [0.25, 0.3) is 0 Å². The molecule has 1 aromatic rings. The molecule has 0 unspecified atom stereocenters. The molecule has 0 nitrogen and oxygen atoms in total. The van der Waals surface area contributed by atoms with E-state index >= 15 is 0 Å². The van der Waals surface area contributed by atoms with Crippen LogP contribution in [0.4, 0.5) is 0 Å². The number of thioether (sulfide) groups is 1. The third kappa shape index (κ3) is 2.47. The van der Waals surface area contributed by atoms with E-state index in [0.717, 1.165) is 0 Å². The van der Waals surface area contributed by atoms with Crippen LogP contribution >= 0.6 is 24.0 Å². The molecule has 0 saturated carbocycles. The van der Waals surface area contributed by atoms with Gasteiger partial charge in [-0.05, 0) is 17.9 Å². The molecular weight excluding hydrogens is 184 g/mol. The largest absolute Gasteiger partial charge is 0.129 e. The highest BCUT2D eigenvalue weighted by molar-refractivity contribution is 8.07. The second-order valence-corrected chi connectivity index (χ2v) is 3.36. The van der Waals surface area contributed by atoms with Crippen LogP contribution in [0.2, 0.25) is 0 Å². The summed E-state index contributed by atoms with van der Waals surface area (Å²) in [6, 6.07) is 10.2. The van der Waals surface area contributed by atoms with E-state index in [2.05, 4.69) is 18.4 Å². The standard InChI is InChI=1S/C10H10S2/c1-12-10(7-8-11)9-5-3-2-4-6-9/h2-8H,1H3. The van der Waals surface area contributed by atoms with Gasteiger partial charge >= 0.3 is 0 Å². The fourth-order valence-corrected chi connectivity index (χ4v) is 1.74. The van der Waals surface area contributed by atoms with Crippen molar-refractivity contribution in [3.63, 3.8) is 0 Å². The Balaban J connectivity index is 2.95. The van der Waals surface area contributed by atoms with Gasteiger partial charge in [0.15, 0.2) is 0 Å². The first-order valence-electron chi connectivity index (χ1n) is 3.63. The molecule has 1 rings (SSSR count). The van der Waals surface area contributed by atoms with Crippen molar-refractivity contribution in [1.29, 1.82) is 0 Å². The van der Waals surface area contributed by atoms with E-state index in [1.54, 1.807) is 17.1 Å². The summed E-state index contributed by atoms with van der Waals surface area (Å²) >= 11 is 6.49. The Bertz CT molecular complexity index is 275. The first-order valence-corrected chi connectivity index (χ1v) is 5.33. The van der Waals surface area contributed by atoms with Crippen molar-refractivity contribution in [2.45, 2.75) is 0 Å². The van der Waals surface area contributed by atoms with Gasteiger partial charge in [-0.15, -0.1) is 11.8 Å². The predicted octanol–water partition coefficient (Wildman–Crippen LogP) is 3.39. The highest BCUT2D eigenvalue weighted by Gasteiger charge is 1.95. The number of allylic oxidation sites excluding steroid dienone is 1. The van der Waals surface area contributed by atoms with E-state index in [1.165, 1.54) is 10.5 Å². The predicted molar refractivity (Wildman–Crippen MR) is 61.6 cm³/mol. The molecule has 0 radical (unpaired) electrons. The Hall–Kier alpha value is -0.600. The average Bonchev–Trinajstić information content (AvgIpc) is 2.15. The molecule has 12 heavy (non-hydrogen) atoms. The lowest BCUT2D eigenvalue weighted by Gasteiger charge is -2.01. The van der Waals surface area contributed by atoms with Gasteiger partial charge < -0.3 is 0 Å². The summed E-state index contributed by atoms with van der Waals surface area (Å²) in [5.74, 6) is 0. The van der Waals surface area contributed by atoms with Crippen LogP contribution in [0.3, 0.4) is 0 Å². The number of benzene rings is 1. The number of hydrogen-bond donors (Lipinski definition) is 0. The Morgan fingerprint density at radius 1 is 1.33 bits per heavy atom. The summed E-state index contributed by atoms with van der Waals surface area (Å²) in [5, 5.41) is 1.65. The SMILES string of the molecule is CSC(=CC=S)c1ccccc1. The third-order valence-electron chi connectivity index (χ3n) is 1.50. The molecule has 0 amide bonds. The molecule has 0 aliphatic carbocycles. The van der Waals surface area contributed by atoms with Gasteiger partial charge in [-0.3, -0.25) is 0 Å². The summed E-state index contributed by atoms with van der Waals surface area (Å²) in [4.78, 5) is 1.21. The molecule has 0 aromatic heterocycles. The number of hydrogen-bond acceptors (Lipinski definition) is 2. The first-order chi connectivity index (χ1) is 5.88. The second kappa shape index (κ2) is 5.12. The Morgan fingerprint density at radius 3 is 2.50 bits per heavy atom. The molecule has 1 aromatic carbocycles. The lowest BCUT2D eigenvalue weighted by molar-refractivity contribution is 1.66. The zero-order valence-corrected chi connectivity index (χ0v) is 8.49. The van der Waals surface area contributed by atoms with Crippen LogP contribution in [0.1, 0.15) is 5.56 Å². The van der Waals surface area contributed by atoms with Crippen molar-refractivity contribution in [2.24, 2.45) is 0 Å². The molecular formula is C10H10S2. The van der Waals surface area contributed by atoms with Crippen molar-refractivity contribution in [3.8, 4) is 0 Å². The highest BCUT2D eigenvalue weighted by atomic mass is 32.2. The van der Waals surface area contributed by atoms with Crippen LogP contribution in [0.25, 0.3) is 4.91 Å². The van der Waals surface area contributed by atoms with Gasteiger partial charge in [0.1, 0.15) is 0 Å². The van der Waals surface area contributed by atoms with Crippen LogP contribution in [0.5, 0.6) is 0 Å². The molecule has 0 fully saturated rings. The smallest absolute Gasteiger partial charge is 0.0150 e. The van der Waals surface area contributed by atoms with E-state index in [1.807, 2.05) is 24.3 Å². The maximum Gasteiger partial charge on any atom is 0.0150 e. The van der Waals surface area contributed by atoms with Gasteiger partial charge in [-0.1, -0.05) is 42.5 Å². The van der Waals surface area contributed by atoms with Crippen LogP contribution in [0, 0.1) is 0 Å². The monoisotopic (exact) mass is 194 g/mol. The van der Waals surface area contributed by atoms with Gasteiger partial charge in [-0.2, -0.15) is 0 Å². The maximum atomic E-state index is 4.78. The average molecular weight is 194 g/mol.